The van der Waals surface area contributed by atoms with Crippen LogP contribution in [0.15, 0.2) is 0 Å². The minimum absolute atomic E-state index is 0.222. The van der Waals surface area contributed by atoms with E-state index in [0.29, 0.717) is 21.7 Å². The van der Waals surface area contributed by atoms with Gasteiger partial charge >= 0.3 is 0 Å². The van der Waals surface area contributed by atoms with E-state index in [2.05, 4.69) is 119 Å². The fraction of sp³-hybridized carbons (Fsp3) is 0.975. The van der Waals surface area contributed by atoms with Crippen molar-refractivity contribution < 1.29 is 4.79 Å². The maximum absolute atomic E-state index is 10.9. The van der Waals surface area contributed by atoms with Gasteiger partial charge in [-0.1, -0.05) is 83.1 Å². The van der Waals surface area contributed by atoms with Crippen molar-refractivity contribution >= 4 is 5.91 Å². The highest BCUT2D eigenvalue weighted by Crippen LogP contribution is 2.32. The van der Waals surface area contributed by atoms with E-state index >= 15 is 0 Å². The van der Waals surface area contributed by atoms with Gasteiger partial charge in [0.05, 0.1) is 0 Å². The molecule has 0 saturated carbocycles. The second kappa shape index (κ2) is 18.2. The van der Waals surface area contributed by atoms with Crippen molar-refractivity contribution in [2.45, 2.75) is 135 Å². The summed E-state index contributed by atoms with van der Waals surface area (Å²) >= 11 is 0. The number of piperidine rings is 1. The van der Waals surface area contributed by atoms with E-state index < -0.39 is 0 Å². The molecule has 45 heavy (non-hydrogen) atoms. The number of carbonyl (C=O) groups excluding carboxylic acids is 1. The lowest BCUT2D eigenvalue weighted by Gasteiger charge is -2.41. The van der Waals surface area contributed by atoms with Gasteiger partial charge in [0.25, 0.3) is 0 Å². The van der Waals surface area contributed by atoms with Crippen LogP contribution in [0.3, 0.4) is 0 Å². The number of hydrogen-bond acceptors (Lipinski definition) is 4. The van der Waals surface area contributed by atoms with Gasteiger partial charge in [0, 0.05) is 46.2 Å². The molecule has 5 heteroatoms. The predicted molar refractivity (Wildman–Crippen MR) is 199 cm³/mol. The summed E-state index contributed by atoms with van der Waals surface area (Å²) in [6, 6.07) is 0. The number of likely N-dealkylation sites (tertiary alicyclic amines) is 4. The number of amides is 1. The summed E-state index contributed by atoms with van der Waals surface area (Å²) in [7, 11) is 6.63. The van der Waals surface area contributed by atoms with Crippen LogP contribution >= 0.6 is 0 Å². The van der Waals surface area contributed by atoms with Gasteiger partial charge in [0.2, 0.25) is 5.91 Å². The number of hydrogen-bond donors (Lipinski definition) is 0. The zero-order chi connectivity index (χ0) is 34.8. The zero-order valence-electron chi connectivity index (χ0n) is 33.6. The Morgan fingerprint density at radius 3 is 1.20 bits per heavy atom. The fourth-order valence-corrected chi connectivity index (χ4v) is 7.43. The summed E-state index contributed by atoms with van der Waals surface area (Å²) in [6.45, 7) is 39.3. The molecule has 4 aliphatic rings. The fourth-order valence-electron chi connectivity index (χ4n) is 7.43. The van der Waals surface area contributed by atoms with Gasteiger partial charge in [-0.05, 0) is 125 Å². The lowest BCUT2D eigenvalue weighted by Crippen LogP contribution is -2.50. The Kier molecular flexibility index (Phi) is 17.1. The summed E-state index contributed by atoms with van der Waals surface area (Å²) in [5.41, 5.74) is 2.01. The molecule has 5 nitrogen and oxygen atoms in total. The molecule has 0 unspecified atom stereocenters. The van der Waals surface area contributed by atoms with Crippen LogP contribution in [-0.4, -0.2) is 99.0 Å². The van der Waals surface area contributed by atoms with E-state index in [1.54, 1.807) is 6.92 Å². The van der Waals surface area contributed by atoms with Crippen LogP contribution in [0.2, 0.25) is 0 Å². The van der Waals surface area contributed by atoms with Crippen molar-refractivity contribution in [1.29, 1.82) is 0 Å². The molecule has 0 aromatic heterocycles. The van der Waals surface area contributed by atoms with Crippen LogP contribution in [0, 0.1) is 45.3 Å². The molecule has 0 aromatic rings. The summed E-state index contributed by atoms with van der Waals surface area (Å²) in [5.74, 6) is 3.93. The summed E-state index contributed by atoms with van der Waals surface area (Å²) in [6.07, 6.45) is 9.65. The van der Waals surface area contributed by atoms with Crippen molar-refractivity contribution in [1.82, 2.24) is 19.6 Å². The lowest BCUT2D eigenvalue weighted by molar-refractivity contribution is -0.135. The van der Waals surface area contributed by atoms with Crippen LogP contribution in [0.25, 0.3) is 0 Å². The van der Waals surface area contributed by atoms with E-state index in [1.165, 1.54) is 84.2 Å². The molecule has 0 atom stereocenters. The minimum atomic E-state index is 0.222. The Morgan fingerprint density at radius 1 is 0.511 bits per heavy atom. The second-order valence-electron chi connectivity index (χ2n) is 20.6. The first-order valence-electron chi connectivity index (χ1n) is 18.6. The first-order chi connectivity index (χ1) is 20.3. The van der Waals surface area contributed by atoms with Gasteiger partial charge in [-0.15, -0.1) is 0 Å². The van der Waals surface area contributed by atoms with E-state index in [9.17, 15) is 4.79 Å². The molecule has 0 N–H and O–H groups in total. The minimum Gasteiger partial charge on any atom is -0.342 e. The van der Waals surface area contributed by atoms with E-state index in [0.717, 1.165) is 36.8 Å². The average Bonchev–Trinajstić information content (AvgIpc) is 2.77. The SMILES string of the molecule is CC(=O)N1CC(CC(C)(C)C)C1.CN1CC(CC(C)(C)C)C1.CN1CC(CCC(C)(C)C)C1.CN1CCC(CC(C)(C)C)CC1. The highest BCUT2D eigenvalue weighted by Gasteiger charge is 2.31. The quantitative estimate of drug-likeness (QED) is 0.302. The Morgan fingerprint density at radius 2 is 0.867 bits per heavy atom. The van der Waals surface area contributed by atoms with Crippen LogP contribution < -0.4 is 0 Å². The molecule has 0 bridgehead atoms. The van der Waals surface area contributed by atoms with Crippen molar-refractivity contribution in [2.75, 3.05) is 73.5 Å². The molecule has 4 heterocycles. The standard InChI is InChI=1S/C11H23N.C10H19NO.C10H21N.C9H19N/c1-11(2,3)9-10-5-7-12(4)8-6-10;1-8(12)11-6-9(7-11)5-10(2,3)4;1-10(2,3)6-5-9-7-11(4)8-9;1-9(2,3)5-8-6-10(4)7-8/h10H,5-9H2,1-4H3;9H,5-7H2,1-4H3;9H,5-8H2,1-4H3;8H,5-7H2,1-4H3. The zero-order valence-corrected chi connectivity index (χ0v) is 33.6. The predicted octanol–water partition coefficient (Wildman–Crippen LogP) is 9.02. The molecule has 0 radical (unpaired) electrons. The molecule has 0 aliphatic carbocycles. The Balaban J connectivity index is 0.000000301. The first-order valence-corrected chi connectivity index (χ1v) is 18.6. The smallest absolute Gasteiger partial charge is 0.219 e. The largest absolute Gasteiger partial charge is 0.342 e. The average molecular weight is 635 g/mol. The molecule has 268 valence electrons. The third-order valence-corrected chi connectivity index (χ3v) is 9.53. The topological polar surface area (TPSA) is 30.0 Å². The van der Waals surface area contributed by atoms with Gasteiger partial charge in [0.15, 0.2) is 0 Å². The van der Waals surface area contributed by atoms with E-state index in [1.807, 2.05) is 4.90 Å². The molecule has 1 amide bonds. The molecule has 0 aromatic carbocycles. The Bertz CT molecular complexity index is 801. The van der Waals surface area contributed by atoms with Crippen molar-refractivity contribution in [3.8, 4) is 0 Å². The third kappa shape index (κ3) is 21.8. The van der Waals surface area contributed by atoms with Gasteiger partial charge in [-0.3, -0.25) is 4.79 Å². The Labute approximate surface area is 283 Å². The second-order valence-corrected chi connectivity index (χ2v) is 20.6. The van der Waals surface area contributed by atoms with Gasteiger partial charge in [-0.2, -0.15) is 0 Å². The molecule has 4 fully saturated rings. The molecule has 4 saturated heterocycles. The monoisotopic (exact) mass is 635 g/mol. The molecular weight excluding hydrogens is 552 g/mol. The van der Waals surface area contributed by atoms with Gasteiger partial charge < -0.3 is 19.6 Å². The maximum Gasteiger partial charge on any atom is 0.219 e. The van der Waals surface area contributed by atoms with E-state index in [-0.39, 0.29) is 5.91 Å². The number of rotatable bonds is 5. The first kappa shape index (κ1) is 42.4. The van der Waals surface area contributed by atoms with Crippen molar-refractivity contribution in [2.24, 2.45) is 45.3 Å². The van der Waals surface area contributed by atoms with Crippen LogP contribution in [0.4, 0.5) is 0 Å². The molecule has 4 aliphatic heterocycles. The summed E-state index contributed by atoms with van der Waals surface area (Å²) in [4.78, 5) is 20.0. The van der Waals surface area contributed by atoms with Gasteiger partial charge in [0.1, 0.15) is 0 Å². The molecule has 0 spiro atoms. The molecular formula is C40H82N4O. The number of carbonyl (C=O) groups is 1. The van der Waals surface area contributed by atoms with Crippen LogP contribution in [-0.2, 0) is 4.79 Å². The highest BCUT2D eigenvalue weighted by molar-refractivity contribution is 5.74. The highest BCUT2D eigenvalue weighted by atomic mass is 16.2. The van der Waals surface area contributed by atoms with Crippen molar-refractivity contribution in [3.63, 3.8) is 0 Å². The number of nitrogens with zero attached hydrogens (tertiary/aromatic N) is 4. The summed E-state index contributed by atoms with van der Waals surface area (Å²) < 4.78 is 0. The summed E-state index contributed by atoms with van der Waals surface area (Å²) in [5, 5.41) is 0. The van der Waals surface area contributed by atoms with Crippen molar-refractivity contribution in [3.05, 3.63) is 0 Å². The van der Waals surface area contributed by atoms with Crippen LogP contribution in [0.5, 0.6) is 0 Å². The Hall–Kier alpha value is -0.650. The molecule has 4 rings (SSSR count). The van der Waals surface area contributed by atoms with Gasteiger partial charge in [-0.25, -0.2) is 0 Å². The maximum atomic E-state index is 10.9. The third-order valence-electron chi connectivity index (χ3n) is 9.53. The van der Waals surface area contributed by atoms with E-state index in [4.69, 9.17) is 0 Å². The van der Waals surface area contributed by atoms with Crippen LogP contribution in [0.1, 0.15) is 135 Å². The lowest BCUT2D eigenvalue weighted by atomic mass is 9.80. The normalized spacial score (nSPS) is 21.6.